The number of hydrogen-bond acceptors (Lipinski definition) is 2. The first-order valence-corrected chi connectivity index (χ1v) is 5.63. The topological polar surface area (TPSA) is 62.1 Å². The molecule has 0 unspecified atom stereocenters. The second-order valence-electron chi connectivity index (χ2n) is 3.53. The van der Waals surface area contributed by atoms with Gasteiger partial charge in [-0.25, -0.2) is 0 Å². The summed E-state index contributed by atoms with van der Waals surface area (Å²) >= 11 is 2.17. The average molecular weight is 305 g/mol. The number of rotatable bonds is 1. The fourth-order valence-corrected chi connectivity index (χ4v) is 2.10. The molecule has 1 amide bonds. The average Bonchev–Trinajstić information content (AvgIpc) is 2.73. The van der Waals surface area contributed by atoms with Crippen LogP contribution in [0.1, 0.15) is 16.9 Å². The Balaban J connectivity index is 2.09. The summed E-state index contributed by atoms with van der Waals surface area (Å²) in [6.45, 7) is 1.45. The molecule has 76 valence electrons. The Morgan fingerprint density at radius 3 is 3.00 bits per heavy atom. The molecule has 0 aliphatic carbocycles. The first kappa shape index (κ1) is 9.97. The lowest BCUT2D eigenvalue weighted by molar-refractivity contribution is 0.0786. The van der Waals surface area contributed by atoms with Crippen molar-refractivity contribution in [2.45, 2.75) is 12.5 Å². The van der Waals surface area contributed by atoms with Crippen molar-refractivity contribution in [3.8, 4) is 0 Å². The third kappa shape index (κ3) is 1.93. The number of amides is 1. The van der Waals surface area contributed by atoms with Crippen molar-refractivity contribution in [3.05, 3.63) is 21.5 Å². The number of nitrogens with two attached hydrogens (primary N) is 1. The summed E-state index contributed by atoms with van der Waals surface area (Å²) < 4.78 is 1.05. The van der Waals surface area contributed by atoms with E-state index in [0.717, 1.165) is 16.5 Å². The zero-order chi connectivity index (χ0) is 10.1. The molecule has 0 bridgehead atoms. The molecule has 2 rings (SSSR count). The summed E-state index contributed by atoms with van der Waals surface area (Å²) in [6.07, 6.45) is 2.73. The SMILES string of the molecule is N[C@@H]1CCN(C(=O)c2cc(I)c[nH]2)C1. The minimum Gasteiger partial charge on any atom is -0.356 e. The maximum absolute atomic E-state index is 11.8. The van der Waals surface area contributed by atoms with Gasteiger partial charge in [0.2, 0.25) is 0 Å². The van der Waals surface area contributed by atoms with Crippen molar-refractivity contribution < 1.29 is 4.79 Å². The molecule has 1 saturated heterocycles. The Labute approximate surface area is 96.0 Å². The van der Waals surface area contributed by atoms with E-state index in [1.54, 1.807) is 4.90 Å². The number of aromatic nitrogens is 1. The highest BCUT2D eigenvalue weighted by molar-refractivity contribution is 14.1. The quantitative estimate of drug-likeness (QED) is 0.754. The molecule has 1 aromatic rings. The molecular weight excluding hydrogens is 293 g/mol. The van der Waals surface area contributed by atoms with Crippen LogP contribution in [0.3, 0.4) is 0 Å². The van der Waals surface area contributed by atoms with Crippen molar-refractivity contribution >= 4 is 28.5 Å². The van der Waals surface area contributed by atoms with Crippen LogP contribution in [0.2, 0.25) is 0 Å². The van der Waals surface area contributed by atoms with Crippen LogP contribution in [0.4, 0.5) is 0 Å². The number of hydrogen-bond donors (Lipinski definition) is 2. The van der Waals surface area contributed by atoms with E-state index in [1.165, 1.54) is 0 Å². The second-order valence-corrected chi connectivity index (χ2v) is 4.78. The minimum atomic E-state index is 0.0564. The summed E-state index contributed by atoms with van der Waals surface area (Å²) in [5, 5.41) is 0. The van der Waals surface area contributed by atoms with Gasteiger partial charge in [-0.3, -0.25) is 4.79 Å². The maximum Gasteiger partial charge on any atom is 0.270 e. The largest absolute Gasteiger partial charge is 0.356 e. The zero-order valence-electron chi connectivity index (χ0n) is 7.66. The first-order valence-electron chi connectivity index (χ1n) is 4.55. The van der Waals surface area contributed by atoms with E-state index in [4.69, 9.17) is 5.73 Å². The molecule has 3 N–H and O–H groups in total. The van der Waals surface area contributed by atoms with Crippen LogP contribution < -0.4 is 5.73 Å². The zero-order valence-corrected chi connectivity index (χ0v) is 9.82. The third-order valence-electron chi connectivity index (χ3n) is 2.39. The molecule has 4 nitrogen and oxygen atoms in total. The van der Waals surface area contributed by atoms with Crippen LogP contribution in [0.5, 0.6) is 0 Å². The lowest BCUT2D eigenvalue weighted by Crippen LogP contribution is -2.32. The van der Waals surface area contributed by atoms with E-state index in [2.05, 4.69) is 27.6 Å². The fraction of sp³-hybridized carbons (Fsp3) is 0.444. The van der Waals surface area contributed by atoms with Gasteiger partial charge in [-0.05, 0) is 35.1 Å². The molecule has 5 heteroatoms. The Bertz CT molecular complexity index is 350. The van der Waals surface area contributed by atoms with Gasteiger partial charge in [0, 0.05) is 28.9 Å². The molecule has 1 aliphatic heterocycles. The number of carbonyl (C=O) groups is 1. The van der Waals surface area contributed by atoms with Gasteiger partial charge in [0.15, 0.2) is 0 Å². The molecular formula is C9H12IN3O. The Morgan fingerprint density at radius 1 is 1.71 bits per heavy atom. The van der Waals surface area contributed by atoms with Gasteiger partial charge in [0.25, 0.3) is 5.91 Å². The first-order chi connectivity index (χ1) is 6.66. The van der Waals surface area contributed by atoms with Gasteiger partial charge < -0.3 is 15.6 Å². The van der Waals surface area contributed by atoms with E-state index in [1.807, 2.05) is 12.3 Å². The maximum atomic E-state index is 11.8. The molecule has 1 aliphatic rings. The molecule has 0 aromatic carbocycles. The third-order valence-corrected chi connectivity index (χ3v) is 3.01. The van der Waals surface area contributed by atoms with Gasteiger partial charge >= 0.3 is 0 Å². The summed E-state index contributed by atoms with van der Waals surface area (Å²) in [5.41, 5.74) is 6.40. The summed E-state index contributed by atoms with van der Waals surface area (Å²) in [7, 11) is 0. The predicted octanol–water partition coefficient (Wildman–Crippen LogP) is 0.792. The van der Waals surface area contributed by atoms with E-state index in [9.17, 15) is 4.79 Å². The fourth-order valence-electron chi connectivity index (χ4n) is 1.63. The van der Waals surface area contributed by atoms with Gasteiger partial charge in [-0.1, -0.05) is 0 Å². The normalized spacial score (nSPS) is 21.6. The molecule has 0 spiro atoms. The van der Waals surface area contributed by atoms with Gasteiger partial charge in [0.1, 0.15) is 5.69 Å². The van der Waals surface area contributed by atoms with Crippen molar-refractivity contribution in [2.75, 3.05) is 13.1 Å². The van der Waals surface area contributed by atoms with Crippen molar-refractivity contribution in [3.63, 3.8) is 0 Å². The predicted molar refractivity (Wildman–Crippen MR) is 62.0 cm³/mol. The number of H-pyrrole nitrogens is 1. The van der Waals surface area contributed by atoms with Crippen LogP contribution in [0.15, 0.2) is 12.3 Å². The van der Waals surface area contributed by atoms with E-state index < -0.39 is 0 Å². The van der Waals surface area contributed by atoms with Crippen molar-refractivity contribution in [2.24, 2.45) is 5.73 Å². The number of carbonyl (C=O) groups excluding carboxylic acids is 1. The summed E-state index contributed by atoms with van der Waals surface area (Å²) in [4.78, 5) is 16.6. The van der Waals surface area contributed by atoms with E-state index in [0.29, 0.717) is 12.2 Å². The van der Waals surface area contributed by atoms with Crippen LogP contribution in [0, 0.1) is 3.57 Å². The molecule has 1 fully saturated rings. The summed E-state index contributed by atoms with van der Waals surface area (Å²) in [6, 6.07) is 2.00. The Kier molecular flexibility index (Phi) is 2.78. The minimum absolute atomic E-state index is 0.0564. The van der Waals surface area contributed by atoms with Gasteiger partial charge in [-0.15, -0.1) is 0 Å². The second kappa shape index (κ2) is 3.90. The molecule has 1 aromatic heterocycles. The molecule has 0 radical (unpaired) electrons. The monoisotopic (exact) mass is 305 g/mol. The summed E-state index contributed by atoms with van der Waals surface area (Å²) in [5.74, 6) is 0.0564. The number of aromatic amines is 1. The van der Waals surface area contributed by atoms with Crippen LogP contribution in [0.25, 0.3) is 0 Å². The van der Waals surface area contributed by atoms with Gasteiger partial charge in [0.05, 0.1) is 0 Å². The standard InChI is InChI=1S/C9H12IN3O/c10-6-3-8(12-4-6)9(14)13-2-1-7(11)5-13/h3-4,7,12H,1-2,5,11H2/t7-/m1/s1. The lowest BCUT2D eigenvalue weighted by atomic mass is 10.3. The molecule has 2 heterocycles. The molecule has 1 atom stereocenters. The van der Waals surface area contributed by atoms with Crippen molar-refractivity contribution in [1.82, 2.24) is 9.88 Å². The highest BCUT2D eigenvalue weighted by Crippen LogP contribution is 2.13. The van der Waals surface area contributed by atoms with E-state index in [-0.39, 0.29) is 11.9 Å². The molecule has 14 heavy (non-hydrogen) atoms. The smallest absolute Gasteiger partial charge is 0.270 e. The van der Waals surface area contributed by atoms with Crippen molar-refractivity contribution in [1.29, 1.82) is 0 Å². The van der Waals surface area contributed by atoms with Crippen LogP contribution in [-0.4, -0.2) is 34.9 Å². The number of nitrogens with zero attached hydrogens (tertiary/aromatic N) is 1. The van der Waals surface area contributed by atoms with Gasteiger partial charge in [-0.2, -0.15) is 0 Å². The van der Waals surface area contributed by atoms with Crippen LogP contribution >= 0.6 is 22.6 Å². The number of halogens is 1. The lowest BCUT2D eigenvalue weighted by Gasteiger charge is -2.14. The Morgan fingerprint density at radius 2 is 2.50 bits per heavy atom. The Hall–Kier alpha value is -0.560. The highest BCUT2D eigenvalue weighted by atomic mass is 127. The van der Waals surface area contributed by atoms with Crippen LogP contribution in [-0.2, 0) is 0 Å². The number of nitrogens with one attached hydrogen (secondary N) is 1. The molecule has 0 saturated carbocycles. The number of likely N-dealkylation sites (tertiary alicyclic amines) is 1. The van der Waals surface area contributed by atoms with E-state index >= 15 is 0 Å². The highest BCUT2D eigenvalue weighted by Gasteiger charge is 2.25.